The fourth-order valence-electron chi connectivity index (χ4n) is 2.11. The smallest absolute Gasteiger partial charge is 0.254 e. The fourth-order valence-corrected chi connectivity index (χ4v) is 2.45. The van der Waals surface area contributed by atoms with Crippen molar-refractivity contribution in [1.82, 2.24) is 9.38 Å². The Kier molecular flexibility index (Phi) is 3.32. The number of terminal acetylenes is 1. The van der Waals surface area contributed by atoms with E-state index < -0.39 is 5.78 Å². The summed E-state index contributed by atoms with van der Waals surface area (Å²) in [5, 5.41) is 0. The van der Waals surface area contributed by atoms with Crippen molar-refractivity contribution in [2.24, 2.45) is 0 Å². The van der Waals surface area contributed by atoms with E-state index in [2.05, 4.69) is 26.8 Å². The maximum atomic E-state index is 13.1. The van der Waals surface area contributed by atoms with Crippen LogP contribution in [0.25, 0.3) is 16.9 Å². The van der Waals surface area contributed by atoms with Crippen molar-refractivity contribution in [3.8, 4) is 23.6 Å². The quantitative estimate of drug-likeness (QED) is 0.404. The summed E-state index contributed by atoms with van der Waals surface area (Å²) in [5.41, 5.74) is 1.96. The van der Waals surface area contributed by atoms with Gasteiger partial charge in [0.05, 0.1) is 0 Å². The van der Waals surface area contributed by atoms with Gasteiger partial charge in [-0.25, -0.2) is 9.37 Å². The summed E-state index contributed by atoms with van der Waals surface area (Å²) in [6.07, 6.45) is 6.97. The summed E-state index contributed by atoms with van der Waals surface area (Å²) in [7, 11) is 0. The third-order valence-corrected chi connectivity index (χ3v) is 3.52. The van der Waals surface area contributed by atoms with Crippen molar-refractivity contribution >= 4 is 27.4 Å². The highest BCUT2D eigenvalue weighted by Crippen LogP contribution is 2.26. The van der Waals surface area contributed by atoms with Gasteiger partial charge in [0, 0.05) is 16.2 Å². The summed E-state index contributed by atoms with van der Waals surface area (Å²) in [6.45, 7) is 0. The highest BCUT2D eigenvalue weighted by molar-refractivity contribution is 9.10. The van der Waals surface area contributed by atoms with Crippen LogP contribution in [0.1, 0.15) is 10.5 Å². The minimum atomic E-state index is -0.472. The fraction of sp³-hybridized carbons (Fsp3) is 0. The molecule has 2 heterocycles. The number of carbonyl (C=O) groups is 1. The van der Waals surface area contributed by atoms with Crippen molar-refractivity contribution in [2.75, 3.05) is 0 Å². The number of carbonyl (C=O) groups excluding carboxylic acids is 1. The highest BCUT2D eigenvalue weighted by atomic mass is 79.9. The second-order valence-corrected chi connectivity index (χ2v) is 5.28. The van der Waals surface area contributed by atoms with Crippen LogP contribution >= 0.6 is 15.9 Å². The van der Waals surface area contributed by atoms with Gasteiger partial charge in [0.15, 0.2) is 0 Å². The Morgan fingerprint density at radius 2 is 1.95 bits per heavy atom. The Morgan fingerprint density at radius 1 is 1.24 bits per heavy atom. The predicted molar refractivity (Wildman–Crippen MR) is 81.4 cm³/mol. The number of ketones is 1. The average Bonchev–Trinajstić information content (AvgIpc) is 2.85. The maximum absolute atomic E-state index is 13.1. The Balaban J connectivity index is 2.34. The Hall–Kier alpha value is -2.45. The van der Waals surface area contributed by atoms with E-state index in [1.165, 1.54) is 12.1 Å². The molecule has 21 heavy (non-hydrogen) atoms. The molecule has 0 amide bonds. The molecule has 0 aliphatic rings. The van der Waals surface area contributed by atoms with Crippen LogP contribution in [0.2, 0.25) is 0 Å². The molecule has 0 radical (unpaired) electrons. The summed E-state index contributed by atoms with van der Waals surface area (Å²) in [4.78, 5) is 16.5. The van der Waals surface area contributed by atoms with Crippen LogP contribution in [0, 0.1) is 18.2 Å². The first kappa shape index (κ1) is 13.5. The summed E-state index contributed by atoms with van der Waals surface area (Å²) >= 11 is 3.35. The van der Waals surface area contributed by atoms with Crippen molar-refractivity contribution < 1.29 is 9.18 Å². The van der Waals surface area contributed by atoms with Crippen molar-refractivity contribution in [3.05, 3.63) is 58.6 Å². The number of imidazole rings is 1. The average molecular weight is 343 g/mol. The molecule has 0 N–H and O–H groups in total. The monoisotopic (exact) mass is 342 g/mol. The molecule has 1 aromatic carbocycles. The summed E-state index contributed by atoms with van der Waals surface area (Å²) in [5.74, 6) is 1.29. The zero-order valence-corrected chi connectivity index (χ0v) is 12.3. The molecule has 3 nitrogen and oxygen atoms in total. The maximum Gasteiger partial charge on any atom is 0.254 e. The standard InChI is InChI=1S/C16H8BrFN2O/c1-2-13(21)16-15(10-3-6-12(18)7-4-10)19-14-8-5-11(17)9-20(14)16/h1,3-9H. The van der Waals surface area contributed by atoms with E-state index in [1.54, 1.807) is 28.8 Å². The molecule has 3 rings (SSSR count). The number of pyridine rings is 1. The van der Waals surface area contributed by atoms with Crippen LogP contribution in [-0.4, -0.2) is 15.2 Å². The van der Waals surface area contributed by atoms with E-state index in [0.717, 1.165) is 4.47 Å². The second kappa shape index (κ2) is 5.15. The van der Waals surface area contributed by atoms with E-state index in [0.29, 0.717) is 22.6 Å². The molecule has 0 saturated carbocycles. The number of nitrogens with zero attached hydrogens (tertiary/aromatic N) is 2. The van der Waals surface area contributed by atoms with Gasteiger partial charge in [0.25, 0.3) is 5.78 Å². The zero-order chi connectivity index (χ0) is 15.0. The molecular formula is C16H8BrFN2O. The van der Waals surface area contributed by atoms with Crippen LogP contribution in [-0.2, 0) is 0 Å². The lowest BCUT2D eigenvalue weighted by Crippen LogP contribution is -2.02. The normalized spacial score (nSPS) is 10.5. The van der Waals surface area contributed by atoms with Crippen LogP contribution < -0.4 is 0 Å². The van der Waals surface area contributed by atoms with E-state index >= 15 is 0 Å². The van der Waals surface area contributed by atoms with E-state index in [-0.39, 0.29) is 5.82 Å². The number of rotatable bonds is 2. The molecule has 0 atom stereocenters. The van der Waals surface area contributed by atoms with Gasteiger partial charge in [-0.05, 0) is 58.2 Å². The number of Topliss-reactive ketones (excluding diaryl/α,β-unsaturated/α-hetero) is 1. The van der Waals surface area contributed by atoms with Crippen LogP contribution in [0.4, 0.5) is 4.39 Å². The minimum Gasteiger partial charge on any atom is -0.294 e. The topological polar surface area (TPSA) is 34.4 Å². The predicted octanol–water partition coefficient (Wildman–Crippen LogP) is 3.72. The number of aromatic nitrogens is 2. The molecule has 0 saturated heterocycles. The molecule has 3 aromatic rings. The Morgan fingerprint density at radius 3 is 2.62 bits per heavy atom. The lowest BCUT2D eigenvalue weighted by molar-refractivity contribution is 0.105. The summed E-state index contributed by atoms with van der Waals surface area (Å²) in [6, 6.07) is 9.36. The molecule has 0 fully saturated rings. The molecule has 0 aliphatic heterocycles. The van der Waals surface area contributed by atoms with E-state index in [9.17, 15) is 9.18 Å². The van der Waals surface area contributed by atoms with E-state index in [1.807, 2.05) is 6.07 Å². The van der Waals surface area contributed by atoms with Crippen LogP contribution in [0.5, 0.6) is 0 Å². The molecule has 2 aromatic heterocycles. The number of hydrogen-bond acceptors (Lipinski definition) is 2. The van der Waals surface area contributed by atoms with Gasteiger partial charge >= 0.3 is 0 Å². The van der Waals surface area contributed by atoms with Gasteiger partial charge in [0.2, 0.25) is 0 Å². The Labute approximate surface area is 128 Å². The highest BCUT2D eigenvalue weighted by Gasteiger charge is 2.19. The van der Waals surface area contributed by atoms with Crippen molar-refractivity contribution in [2.45, 2.75) is 0 Å². The second-order valence-electron chi connectivity index (χ2n) is 4.36. The number of benzene rings is 1. The van der Waals surface area contributed by atoms with Crippen molar-refractivity contribution in [3.63, 3.8) is 0 Å². The third kappa shape index (κ3) is 2.34. The SMILES string of the molecule is C#CC(=O)c1c(-c2ccc(F)cc2)nc2ccc(Br)cn12. The Bertz CT molecular complexity index is 891. The van der Waals surface area contributed by atoms with Gasteiger partial charge in [-0.15, -0.1) is 6.42 Å². The minimum absolute atomic E-state index is 0.292. The number of halogens is 2. The first-order valence-corrected chi connectivity index (χ1v) is 6.84. The van der Waals surface area contributed by atoms with Gasteiger partial charge < -0.3 is 0 Å². The first-order valence-electron chi connectivity index (χ1n) is 6.04. The van der Waals surface area contributed by atoms with Crippen LogP contribution in [0.15, 0.2) is 47.1 Å². The molecule has 0 spiro atoms. The first-order chi connectivity index (χ1) is 10.1. The van der Waals surface area contributed by atoms with Crippen molar-refractivity contribution in [1.29, 1.82) is 0 Å². The van der Waals surface area contributed by atoms with Gasteiger partial charge in [-0.1, -0.05) is 0 Å². The largest absolute Gasteiger partial charge is 0.294 e. The molecule has 0 unspecified atom stereocenters. The summed E-state index contributed by atoms with van der Waals surface area (Å²) < 4.78 is 15.5. The van der Waals surface area contributed by atoms with E-state index in [4.69, 9.17) is 6.42 Å². The van der Waals surface area contributed by atoms with Crippen LogP contribution in [0.3, 0.4) is 0 Å². The molecule has 102 valence electrons. The van der Waals surface area contributed by atoms with Gasteiger partial charge in [0.1, 0.15) is 22.9 Å². The third-order valence-electron chi connectivity index (χ3n) is 3.05. The molecule has 0 bridgehead atoms. The number of fused-ring (bicyclic) bond motifs is 1. The molecular weight excluding hydrogens is 335 g/mol. The zero-order valence-electron chi connectivity index (χ0n) is 10.7. The molecule has 5 heteroatoms. The lowest BCUT2D eigenvalue weighted by atomic mass is 10.1. The van der Waals surface area contributed by atoms with Gasteiger partial charge in [-0.3, -0.25) is 9.20 Å². The molecule has 0 aliphatic carbocycles. The lowest BCUT2D eigenvalue weighted by Gasteiger charge is -2.01. The van der Waals surface area contributed by atoms with Gasteiger partial charge in [-0.2, -0.15) is 0 Å². The number of hydrogen-bond donors (Lipinski definition) is 0.